The van der Waals surface area contributed by atoms with Gasteiger partial charge >= 0.3 is 0 Å². The van der Waals surface area contributed by atoms with Gasteiger partial charge in [-0.3, -0.25) is 14.6 Å². The molecular formula is C15H26N2O. The van der Waals surface area contributed by atoms with Crippen molar-refractivity contribution < 1.29 is 4.79 Å². The molecule has 2 aliphatic rings. The van der Waals surface area contributed by atoms with Gasteiger partial charge in [-0.05, 0) is 58.2 Å². The predicted octanol–water partition coefficient (Wildman–Crippen LogP) is 1.94. The van der Waals surface area contributed by atoms with E-state index >= 15 is 0 Å². The van der Waals surface area contributed by atoms with E-state index in [4.69, 9.17) is 0 Å². The van der Waals surface area contributed by atoms with Gasteiger partial charge in [-0.25, -0.2) is 0 Å². The molecule has 0 aromatic rings. The van der Waals surface area contributed by atoms with Gasteiger partial charge < -0.3 is 0 Å². The van der Waals surface area contributed by atoms with Gasteiger partial charge in [-0.2, -0.15) is 0 Å². The summed E-state index contributed by atoms with van der Waals surface area (Å²) < 4.78 is 0. The van der Waals surface area contributed by atoms with Gasteiger partial charge in [0.15, 0.2) is 5.78 Å². The van der Waals surface area contributed by atoms with Gasteiger partial charge in [0.25, 0.3) is 0 Å². The molecule has 0 saturated carbocycles. The van der Waals surface area contributed by atoms with Crippen molar-refractivity contribution >= 4 is 5.78 Å². The molecule has 3 heteroatoms. The Hall–Kier alpha value is -0.670. The highest BCUT2D eigenvalue weighted by Crippen LogP contribution is 2.41. The fourth-order valence-electron chi connectivity index (χ4n) is 3.27. The van der Waals surface area contributed by atoms with Crippen molar-refractivity contribution in [1.82, 2.24) is 9.80 Å². The molecule has 0 aromatic carbocycles. The second-order valence-corrected chi connectivity index (χ2v) is 6.97. The first-order valence-electron chi connectivity index (χ1n) is 6.97. The predicted molar refractivity (Wildman–Crippen MR) is 74.6 cm³/mol. The minimum atomic E-state index is 0.150. The zero-order valence-electron chi connectivity index (χ0n) is 12.0. The summed E-state index contributed by atoms with van der Waals surface area (Å²) >= 11 is 0. The van der Waals surface area contributed by atoms with E-state index in [9.17, 15) is 4.79 Å². The molecule has 2 saturated heterocycles. The van der Waals surface area contributed by atoms with Crippen molar-refractivity contribution in [2.24, 2.45) is 5.41 Å². The smallest absolute Gasteiger partial charge is 0.169 e. The number of hydrogen-bond acceptors (Lipinski definition) is 3. The van der Waals surface area contributed by atoms with Crippen LogP contribution >= 0.6 is 0 Å². The monoisotopic (exact) mass is 250 g/mol. The maximum absolute atomic E-state index is 11.3. The molecule has 0 N–H and O–H groups in total. The van der Waals surface area contributed by atoms with Gasteiger partial charge in [-0.15, -0.1) is 0 Å². The SMILES string of the molecule is C=CC(=O)CN1CC2(CCN(C(C)(C)C)CC2)C1. The quantitative estimate of drug-likeness (QED) is 0.715. The highest BCUT2D eigenvalue weighted by atomic mass is 16.1. The highest BCUT2D eigenvalue weighted by Gasteiger charge is 2.45. The Morgan fingerprint density at radius 2 is 1.83 bits per heavy atom. The fourth-order valence-corrected chi connectivity index (χ4v) is 3.27. The van der Waals surface area contributed by atoms with E-state index in [1.807, 2.05) is 0 Å². The average Bonchev–Trinajstić information content (AvgIpc) is 2.26. The van der Waals surface area contributed by atoms with E-state index in [0.29, 0.717) is 17.5 Å². The lowest BCUT2D eigenvalue weighted by molar-refractivity contribution is -0.121. The number of likely N-dealkylation sites (tertiary alicyclic amines) is 2. The topological polar surface area (TPSA) is 23.6 Å². The number of carbonyl (C=O) groups is 1. The molecule has 2 heterocycles. The number of rotatable bonds is 3. The van der Waals surface area contributed by atoms with Crippen molar-refractivity contribution in [1.29, 1.82) is 0 Å². The Bertz CT molecular complexity index is 327. The zero-order chi connectivity index (χ0) is 13.4. The highest BCUT2D eigenvalue weighted by molar-refractivity contribution is 5.90. The van der Waals surface area contributed by atoms with Crippen LogP contribution in [0, 0.1) is 5.41 Å². The second-order valence-electron chi connectivity index (χ2n) is 6.97. The van der Waals surface area contributed by atoms with E-state index in [2.05, 4.69) is 37.1 Å². The van der Waals surface area contributed by atoms with Gasteiger partial charge in [0, 0.05) is 18.6 Å². The number of ketones is 1. The number of nitrogens with zero attached hydrogens (tertiary/aromatic N) is 2. The Kier molecular flexibility index (Phi) is 3.65. The van der Waals surface area contributed by atoms with E-state index < -0.39 is 0 Å². The Morgan fingerprint density at radius 1 is 1.28 bits per heavy atom. The summed E-state index contributed by atoms with van der Waals surface area (Å²) in [5, 5.41) is 0. The van der Waals surface area contributed by atoms with Gasteiger partial charge in [0.1, 0.15) is 0 Å². The van der Waals surface area contributed by atoms with Crippen LogP contribution in [0.1, 0.15) is 33.6 Å². The third-order valence-electron chi connectivity index (χ3n) is 4.50. The van der Waals surface area contributed by atoms with E-state index in [0.717, 1.165) is 13.1 Å². The standard InChI is InChI=1S/C15H26N2O/c1-5-13(18)10-16-11-15(12-16)6-8-17(9-7-15)14(2,3)4/h5H,1,6-12H2,2-4H3. The molecule has 0 amide bonds. The number of hydrogen-bond donors (Lipinski definition) is 0. The van der Waals surface area contributed by atoms with Crippen molar-refractivity contribution in [3.05, 3.63) is 12.7 Å². The first-order chi connectivity index (χ1) is 8.35. The van der Waals surface area contributed by atoms with Gasteiger partial charge in [0.2, 0.25) is 0 Å². The molecule has 3 nitrogen and oxygen atoms in total. The third-order valence-corrected chi connectivity index (χ3v) is 4.50. The van der Waals surface area contributed by atoms with E-state index in [1.165, 1.54) is 32.0 Å². The molecule has 2 rings (SSSR count). The van der Waals surface area contributed by atoms with Crippen LogP contribution in [0.25, 0.3) is 0 Å². The molecule has 0 bridgehead atoms. The van der Waals surface area contributed by atoms with Crippen LogP contribution < -0.4 is 0 Å². The molecule has 102 valence electrons. The second kappa shape index (κ2) is 4.78. The van der Waals surface area contributed by atoms with E-state index in [1.54, 1.807) is 0 Å². The number of carbonyl (C=O) groups excluding carboxylic acids is 1. The van der Waals surface area contributed by atoms with Crippen molar-refractivity contribution in [2.75, 3.05) is 32.7 Å². The molecular weight excluding hydrogens is 224 g/mol. The lowest BCUT2D eigenvalue weighted by atomic mass is 9.71. The van der Waals surface area contributed by atoms with Crippen LogP contribution in [0.15, 0.2) is 12.7 Å². The summed E-state index contributed by atoms with van der Waals surface area (Å²) in [5.41, 5.74) is 0.799. The molecule has 2 fully saturated rings. The number of piperidine rings is 1. The maximum atomic E-state index is 11.3. The average molecular weight is 250 g/mol. The Labute approximate surface area is 111 Å². The van der Waals surface area contributed by atoms with Gasteiger partial charge in [0.05, 0.1) is 6.54 Å². The lowest BCUT2D eigenvalue weighted by Gasteiger charge is -2.55. The van der Waals surface area contributed by atoms with Crippen LogP contribution in [0.2, 0.25) is 0 Å². The minimum absolute atomic E-state index is 0.150. The van der Waals surface area contributed by atoms with Crippen molar-refractivity contribution in [2.45, 2.75) is 39.2 Å². The van der Waals surface area contributed by atoms with Crippen molar-refractivity contribution in [3.8, 4) is 0 Å². The fraction of sp³-hybridized carbons (Fsp3) is 0.800. The molecule has 18 heavy (non-hydrogen) atoms. The van der Waals surface area contributed by atoms with E-state index in [-0.39, 0.29) is 5.78 Å². The summed E-state index contributed by atoms with van der Waals surface area (Å²) in [4.78, 5) is 16.1. The molecule has 1 spiro atoms. The van der Waals surface area contributed by atoms with Crippen LogP contribution in [-0.4, -0.2) is 53.8 Å². The Balaban J connectivity index is 1.78. The zero-order valence-corrected chi connectivity index (χ0v) is 12.0. The summed E-state index contributed by atoms with van der Waals surface area (Å²) in [7, 11) is 0. The molecule has 0 aromatic heterocycles. The summed E-state index contributed by atoms with van der Waals surface area (Å²) in [6.45, 7) is 15.6. The lowest BCUT2D eigenvalue weighted by Crippen LogP contribution is -2.62. The summed E-state index contributed by atoms with van der Waals surface area (Å²) in [6, 6.07) is 0. The largest absolute Gasteiger partial charge is 0.298 e. The Morgan fingerprint density at radius 3 is 2.28 bits per heavy atom. The third kappa shape index (κ3) is 2.83. The minimum Gasteiger partial charge on any atom is -0.298 e. The molecule has 0 aliphatic carbocycles. The van der Waals surface area contributed by atoms with Crippen molar-refractivity contribution in [3.63, 3.8) is 0 Å². The first-order valence-corrected chi connectivity index (χ1v) is 6.97. The molecule has 0 atom stereocenters. The van der Waals surface area contributed by atoms with Gasteiger partial charge in [-0.1, -0.05) is 6.58 Å². The van der Waals surface area contributed by atoms with Crippen LogP contribution in [-0.2, 0) is 4.79 Å². The van der Waals surface area contributed by atoms with Crippen LogP contribution in [0.4, 0.5) is 0 Å². The van der Waals surface area contributed by atoms with Crippen LogP contribution in [0.3, 0.4) is 0 Å². The summed E-state index contributed by atoms with van der Waals surface area (Å²) in [5.74, 6) is 0.150. The first kappa shape index (κ1) is 13.8. The molecule has 2 aliphatic heterocycles. The maximum Gasteiger partial charge on any atom is 0.169 e. The summed E-state index contributed by atoms with van der Waals surface area (Å²) in [6.07, 6.45) is 4.00. The molecule has 0 unspecified atom stereocenters. The molecule has 0 radical (unpaired) electrons. The normalized spacial score (nSPS) is 24.8. The van der Waals surface area contributed by atoms with Crippen LogP contribution in [0.5, 0.6) is 0 Å².